The number of fused-ring (bicyclic) bond motifs is 1. The first kappa shape index (κ1) is 17.4. The Kier molecular flexibility index (Phi) is 5.31. The zero-order chi connectivity index (χ0) is 17.8. The van der Waals surface area contributed by atoms with Gasteiger partial charge in [-0.25, -0.2) is 8.78 Å². The largest absolute Gasteiger partial charge is 0.360 e. The van der Waals surface area contributed by atoms with Crippen LogP contribution in [0, 0.1) is 18.6 Å². The van der Waals surface area contributed by atoms with Crippen molar-refractivity contribution in [3.05, 3.63) is 64.7 Å². The standard InChI is InChI=1S/C20H22F2N2O/c1-14-11-16-3-2-10-24(20(16)18(22)12-14)13-19(25)23-9-8-15-4-6-17(21)7-5-15/h4-7,11-12H,2-3,8-10,13H2,1H3,(H,23,25). The molecule has 2 aromatic carbocycles. The molecule has 1 N–H and O–H groups in total. The minimum Gasteiger partial charge on any atom is -0.360 e. The van der Waals surface area contributed by atoms with E-state index in [0.29, 0.717) is 25.2 Å². The highest BCUT2D eigenvalue weighted by atomic mass is 19.1. The van der Waals surface area contributed by atoms with Gasteiger partial charge in [-0.3, -0.25) is 4.79 Å². The highest BCUT2D eigenvalue weighted by Gasteiger charge is 2.22. The summed E-state index contributed by atoms with van der Waals surface area (Å²) < 4.78 is 27.2. The van der Waals surface area contributed by atoms with Gasteiger partial charge in [0.2, 0.25) is 5.91 Å². The first-order chi connectivity index (χ1) is 12.0. The van der Waals surface area contributed by atoms with Crippen molar-refractivity contribution < 1.29 is 13.6 Å². The summed E-state index contributed by atoms with van der Waals surface area (Å²) in [6.45, 7) is 3.18. The fourth-order valence-corrected chi connectivity index (χ4v) is 3.31. The van der Waals surface area contributed by atoms with Crippen molar-refractivity contribution in [2.45, 2.75) is 26.2 Å². The molecule has 1 heterocycles. The molecule has 0 aromatic heterocycles. The Morgan fingerprint density at radius 2 is 1.96 bits per heavy atom. The van der Waals surface area contributed by atoms with Crippen LogP contribution in [0.15, 0.2) is 36.4 Å². The Hall–Kier alpha value is -2.43. The Morgan fingerprint density at radius 1 is 1.20 bits per heavy atom. The quantitative estimate of drug-likeness (QED) is 0.902. The number of hydrogen-bond acceptors (Lipinski definition) is 2. The maximum Gasteiger partial charge on any atom is 0.239 e. The van der Waals surface area contributed by atoms with Crippen LogP contribution in [0.3, 0.4) is 0 Å². The number of nitrogens with zero attached hydrogens (tertiary/aromatic N) is 1. The molecule has 0 bridgehead atoms. The van der Waals surface area contributed by atoms with E-state index in [1.165, 1.54) is 18.2 Å². The van der Waals surface area contributed by atoms with E-state index in [4.69, 9.17) is 0 Å². The minimum atomic E-state index is -0.270. The van der Waals surface area contributed by atoms with Gasteiger partial charge in [0, 0.05) is 13.1 Å². The van der Waals surface area contributed by atoms with E-state index >= 15 is 0 Å². The van der Waals surface area contributed by atoms with Gasteiger partial charge in [-0.15, -0.1) is 0 Å². The Bertz CT molecular complexity index is 759. The van der Waals surface area contributed by atoms with Crippen molar-refractivity contribution in [2.75, 3.05) is 24.5 Å². The van der Waals surface area contributed by atoms with Crippen molar-refractivity contribution >= 4 is 11.6 Å². The Morgan fingerprint density at radius 3 is 2.72 bits per heavy atom. The lowest BCUT2D eigenvalue weighted by Crippen LogP contribution is -2.40. The van der Waals surface area contributed by atoms with Crippen molar-refractivity contribution in [1.82, 2.24) is 5.32 Å². The van der Waals surface area contributed by atoms with Crippen molar-refractivity contribution in [3.8, 4) is 0 Å². The molecule has 1 aliphatic heterocycles. The predicted molar refractivity (Wildman–Crippen MR) is 94.8 cm³/mol. The van der Waals surface area contributed by atoms with Crippen LogP contribution in [0.1, 0.15) is 23.1 Å². The van der Waals surface area contributed by atoms with Gasteiger partial charge in [0.15, 0.2) is 0 Å². The van der Waals surface area contributed by atoms with E-state index in [1.54, 1.807) is 12.1 Å². The third-order valence-electron chi connectivity index (χ3n) is 4.46. The average molecular weight is 344 g/mol. The first-order valence-corrected chi connectivity index (χ1v) is 8.58. The van der Waals surface area contributed by atoms with E-state index in [1.807, 2.05) is 17.9 Å². The van der Waals surface area contributed by atoms with Crippen LogP contribution in [0.2, 0.25) is 0 Å². The molecule has 3 nitrogen and oxygen atoms in total. The molecule has 0 atom stereocenters. The second-order valence-corrected chi connectivity index (χ2v) is 6.51. The van der Waals surface area contributed by atoms with Crippen LogP contribution in [0.25, 0.3) is 0 Å². The maximum atomic E-state index is 14.3. The molecule has 0 saturated heterocycles. The summed E-state index contributed by atoms with van der Waals surface area (Å²) in [6.07, 6.45) is 2.39. The van der Waals surface area contributed by atoms with E-state index in [-0.39, 0.29) is 24.1 Å². The molecular formula is C20H22F2N2O. The molecule has 5 heteroatoms. The zero-order valence-electron chi connectivity index (χ0n) is 14.3. The number of amides is 1. The molecule has 0 radical (unpaired) electrons. The van der Waals surface area contributed by atoms with Crippen molar-refractivity contribution in [1.29, 1.82) is 0 Å². The minimum absolute atomic E-state index is 0.130. The van der Waals surface area contributed by atoms with Gasteiger partial charge in [-0.1, -0.05) is 18.2 Å². The molecule has 132 valence electrons. The lowest BCUT2D eigenvalue weighted by atomic mass is 9.99. The van der Waals surface area contributed by atoms with Gasteiger partial charge in [-0.2, -0.15) is 0 Å². The van der Waals surface area contributed by atoms with E-state index in [9.17, 15) is 13.6 Å². The molecule has 3 rings (SSSR count). The molecule has 0 aliphatic carbocycles. The average Bonchev–Trinajstić information content (AvgIpc) is 2.56. The summed E-state index contributed by atoms with van der Waals surface area (Å²) in [7, 11) is 0. The molecule has 0 fully saturated rings. The van der Waals surface area contributed by atoms with Gasteiger partial charge in [0.25, 0.3) is 0 Å². The summed E-state index contributed by atoms with van der Waals surface area (Å²) in [5.74, 6) is -0.655. The van der Waals surface area contributed by atoms with E-state index < -0.39 is 0 Å². The SMILES string of the molecule is Cc1cc(F)c2c(c1)CCCN2CC(=O)NCCc1ccc(F)cc1. The van der Waals surface area contributed by atoms with Gasteiger partial charge in [-0.05, 0) is 61.1 Å². The van der Waals surface area contributed by atoms with Gasteiger partial charge in [0.05, 0.1) is 12.2 Å². The number of rotatable bonds is 5. The summed E-state index contributed by atoms with van der Waals surface area (Å²) in [5, 5.41) is 2.86. The Balaban J connectivity index is 1.56. The number of anilines is 1. The second-order valence-electron chi connectivity index (χ2n) is 6.51. The second kappa shape index (κ2) is 7.64. The Labute approximate surface area is 146 Å². The third kappa shape index (κ3) is 4.35. The fourth-order valence-electron chi connectivity index (χ4n) is 3.31. The van der Waals surface area contributed by atoms with Gasteiger partial charge >= 0.3 is 0 Å². The van der Waals surface area contributed by atoms with Crippen LogP contribution < -0.4 is 10.2 Å². The summed E-state index contributed by atoms with van der Waals surface area (Å²) in [5.41, 5.74) is 3.40. The summed E-state index contributed by atoms with van der Waals surface area (Å²) in [4.78, 5) is 14.0. The molecule has 2 aromatic rings. The number of hydrogen-bond donors (Lipinski definition) is 1. The molecule has 25 heavy (non-hydrogen) atoms. The lowest BCUT2D eigenvalue weighted by molar-refractivity contribution is -0.119. The molecule has 1 aliphatic rings. The maximum absolute atomic E-state index is 14.3. The van der Waals surface area contributed by atoms with Gasteiger partial charge in [0.1, 0.15) is 11.6 Å². The van der Waals surface area contributed by atoms with Crippen LogP contribution in [-0.4, -0.2) is 25.5 Å². The lowest BCUT2D eigenvalue weighted by Gasteiger charge is -2.31. The molecule has 0 unspecified atom stereocenters. The topological polar surface area (TPSA) is 32.3 Å². The smallest absolute Gasteiger partial charge is 0.239 e. The zero-order valence-corrected chi connectivity index (χ0v) is 14.3. The molecule has 1 amide bonds. The monoisotopic (exact) mass is 344 g/mol. The number of benzene rings is 2. The van der Waals surface area contributed by atoms with Crippen LogP contribution in [-0.2, 0) is 17.6 Å². The first-order valence-electron chi connectivity index (χ1n) is 8.58. The number of carbonyl (C=O) groups excluding carboxylic acids is 1. The van der Waals surface area contributed by atoms with Crippen molar-refractivity contribution in [3.63, 3.8) is 0 Å². The van der Waals surface area contributed by atoms with Crippen LogP contribution in [0.5, 0.6) is 0 Å². The number of aryl methyl sites for hydroxylation is 2. The van der Waals surface area contributed by atoms with Crippen molar-refractivity contribution in [2.24, 2.45) is 0 Å². The number of halogens is 2. The van der Waals surface area contributed by atoms with E-state index in [2.05, 4.69) is 5.32 Å². The summed E-state index contributed by atoms with van der Waals surface area (Å²) in [6, 6.07) is 9.75. The number of nitrogens with one attached hydrogen (secondary N) is 1. The summed E-state index contributed by atoms with van der Waals surface area (Å²) >= 11 is 0. The normalized spacial score (nSPS) is 13.5. The highest BCUT2D eigenvalue weighted by Crippen LogP contribution is 2.30. The van der Waals surface area contributed by atoms with Gasteiger partial charge < -0.3 is 10.2 Å². The molecular weight excluding hydrogens is 322 g/mol. The molecule has 0 spiro atoms. The van der Waals surface area contributed by atoms with E-state index in [0.717, 1.165) is 29.5 Å². The highest BCUT2D eigenvalue weighted by molar-refractivity contribution is 5.82. The predicted octanol–water partition coefficient (Wildman–Crippen LogP) is 3.38. The van der Waals surface area contributed by atoms with Crippen LogP contribution in [0.4, 0.5) is 14.5 Å². The molecule has 0 saturated carbocycles. The number of carbonyl (C=O) groups is 1. The third-order valence-corrected chi connectivity index (χ3v) is 4.46. The fraction of sp³-hybridized carbons (Fsp3) is 0.350. The van der Waals surface area contributed by atoms with Crippen LogP contribution >= 0.6 is 0 Å².